The Morgan fingerprint density at radius 2 is 2.23 bits per heavy atom. The van der Waals surface area contributed by atoms with Crippen molar-refractivity contribution in [3.63, 3.8) is 0 Å². The van der Waals surface area contributed by atoms with Gasteiger partial charge in [0.25, 0.3) is 0 Å². The summed E-state index contributed by atoms with van der Waals surface area (Å²) in [6.45, 7) is 1.15. The Hall–Kier alpha value is -2.78. The summed E-state index contributed by atoms with van der Waals surface area (Å²) in [6, 6.07) is 2.64. The number of pyridine rings is 1. The van der Waals surface area contributed by atoms with Crippen molar-refractivity contribution in [1.82, 2.24) is 9.55 Å². The van der Waals surface area contributed by atoms with Crippen LogP contribution in [-0.2, 0) is 0 Å². The number of aromatic nitrogens is 2. The Balaban J connectivity index is 2.02. The van der Waals surface area contributed by atoms with Crippen LogP contribution in [0.25, 0.3) is 16.0 Å². The highest BCUT2D eigenvalue weighted by atomic mass is 32.1. The van der Waals surface area contributed by atoms with Gasteiger partial charge in [0.2, 0.25) is 5.43 Å². The molecular formula is C17H15FN4O3S. The molecule has 0 aliphatic carbocycles. The molecule has 0 amide bonds. The van der Waals surface area contributed by atoms with Gasteiger partial charge in [0, 0.05) is 36.9 Å². The van der Waals surface area contributed by atoms with Crippen molar-refractivity contribution in [2.75, 3.05) is 18.0 Å². The third kappa shape index (κ3) is 2.65. The van der Waals surface area contributed by atoms with Gasteiger partial charge < -0.3 is 15.7 Å². The average molecular weight is 374 g/mol. The number of hydrogen-bond acceptors (Lipinski definition) is 6. The third-order valence-electron chi connectivity index (χ3n) is 4.49. The molecule has 1 aromatic carbocycles. The van der Waals surface area contributed by atoms with E-state index in [2.05, 4.69) is 4.98 Å². The number of thiazole rings is 1. The maximum atomic E-state index is 14.7. The van der Waals surface area contributed by atoms with Crippen molar-refractivity contribution in [2.45, 2.75) is 12.5 Å². The second kappa shape index (κ2) is 6.19. The first-order chi connectivity index (χ1) is 12.5. The van der Waals surface area contributed by atoms with Crippen LogP contribution >= 0.6 is 11.3 Å². The van der Waals surface area contributed by atoms with Gasteiger partial charge in [-0.05, 0) is 18.6 Å². The summed E-state index contributed by atoms with van der Waals surface area (Å²) in [5.74, 6) is -1.94. The van der Waals surface area contributed by atoms with Gasteiger partial charge in [-0.1, -0.05) is 0 Å². The predicted octanol–water partition coefficient (Wildman–Crippen LogP) is 1.82. The lowest BCUT2D eigenvalue weighted by Crippen LogP contribution is -2.27. The zero-order chi connectivity index (χ0) is 18.4. The molecule has 4 rings (SSSR count). The predicted molar refractivity (Wildman–Crippen MR) is 96.9 cm³/mol. The second-order valence-electron chi connectivity index (χ2n) is 6.18. The monoisotopic (exact) mass is 374 g/mol. The number of nitrogens with zero attached hydrogens (tertiary/aromatic N) is 3. The summed E-state index contributed by atoms with van der Waals surface area (Å²) in [5, 5.41) is 11.6. The van der Waals surface area contributed by atoms with Gasteiger partial charge in [-0.25, -0.2) is 14.2 Å². The van der Waals surface area contributed by atoms with Gasteiger partial charge >= 0.3 is 5.97 Å². The van der Waals surface area contributed by atoms with Gasteiger partial charge in [-0.2, -0.15) is 0 Å². The van der Waals surface area contributed by atoms with E-state index in [4.69, 9.17) is 5.73 Å². The Bertz CT molecular complexity index is 1060. The Morgan fingerprint density at radius 3 is 2.85 bits per heavy atom. The highest BCUT2D eigenvalue weighted by Gasteiger charge is 2.24. The maximum absolute atomic E-state index is 14.7. The Labute approximate surface area is 151 Å². The van der Waals surface area contributed by atoms with Crippen LogP contribution in [0.2, 0.25) is 0 Å². The molecule has 1 aliphatic rings. The summed E-state index contributed by atoms with van der Waals surface area (Å²) in [5.41, 5.74) is 5.52. The average Bonchev–Trinajstić information content (AvgIpc) is 3.26. The molecule has 1 unspecified atom stereocenters. The lowest BCUT2D eigenvalue weighted by atomic mass is 10.1. The normalized spacial score (nSPS) is 17.2. The molecular weight excluding hydrogens is 359 g/mol. The lowest BCUT2D eigenvalue weighted by Gasteiger charge is -2.20. The summed E-state index contributed by atoms with van der Waals surface area (Å²) in [7, 11) is 0. The number of carboxylic acid groups (broad SMARTS) is 1. The van der Waals surface area contributed by atoms with E-state index < -0.39 is 22.8 Å². The first-order valence-corrected chi connectivity index (χ1v) is 8.86. The summed E-state index contributed by atoms with van der Waals surface area (Å²) < 4.78 is 16.2. The maximum Gasteiger partial charge on any atom is 0.341 e. The molecule has 0 saturated carbocycles. The van der Waals surface area contributed by atoms with Gasteiger partial charge in [0.05, 0.1) is 16.6 Å². The number of benzene rings is 1. The van der Waals surface area contributed by atoms with Gasteiger partial charge in [0.1, 0.15) is 11.4 Å². The zero-order valence-electron chi connectivity index (χ0n) is 13.6. The van der Waals surface area contributed by atoms with Crippen molar-refractivity contribution in [2.24, 2.45) is 5.73 Å². The van der Waals surface area contributed by atoms with Crippen molar-refractivity contribution in [3.8, 4) is 5.13 Å². The van der Waals surface area contributed by atoms with Crippen LogP contribution in [0.5, 0.6) is 0 Å². The fourth-order valence-corrected chi connectivity index (χ4v) is 3.86. The topological polar surface area (TPSA) is 101 Å². The molecule has 2 aromatic heterocycles. The van der Waals surface area contributed by atoms with Crippen molar-refractivity contribution in [1.29, 1.82) is 0 Å². The number of hydrogen-bond donors (Lipinski definition) is 2. The van der Waals surface area contributed by atoms with E-state index in [0.29, 0.717) is 29.4 Å². The van der Waals surface area contributed by atoms with E-state index in [1.807, 2.05) is 4.90 Å². The third-order valence-corrected chi connectivity index (χ3v) is 5.26. The van der Waals surface area contributed by atoms with Crippen LogP contribution in [0.15, 0.2) is 34.7 Å². The molecule has 3 aromatic rings. The standard InChI is InChI=1S/C17H15FN4O3S/c18-12-5-10-13(6-14(12)21-3-1-9(19)7-21)22(17-20-2-4-26-17)8-11(15(10)23)16(24)25/h2,4-6,8-9H,1,3,7,19H2,(H,24,25). The first-order valence-electron chi connectivity index (χ1n) is 7.98. The fourth-order valence-electron chi connectivity index (χ4n) is 3.23. The molecule has 26 heavy (non-hydrogen) atoms. The minimum absolute atomic E-state index is 0.00449. The molecule has 1 atom stereocenters. The quantitative estimate of drug-likeness (QED) is 0.725. The van der Waals surface area contributed by atoms with E-state index in [1.165, 1.54) is 22.1 Å². The van der Waals surface area contributed by atoms with Crippen LogP contribution in [0.1, 0.15) is 16.8 Å². The smallest absolute Gasteiger partial charge is 0.341 e. The van der Waals surface area contributed by atoms with Crippen LogP contribution in [0.4, 0.5) is 10.1 Å². The molecule has 1 aliphatic heterocycles. The number of carboxylic acids is 1. The van der Waals surface area contributed by atoms with E-state index in [9.17, 15) is 19.1 Å². The highest BCUT2D eigenvalue weighted by Crippen LogP contribution is 2.29. The lowest BCUT2D eigenvalue weighted by molar-refractivity contribution is 0.0695. The van der Waals surface area contributed by atoms with E-state index in [1.54, 1.807) is 17.6 Å². The number of aromatic carboxylic acids is 1. The number of carbonyl (C=O) groups is 1. The van der Waals surface area contributed by atoms with Crippen LogP contribution < -0.4 is 16.1 Å². The number of nitrogens with two attached hydrogens (primary N) is 1. The Kier molecular flexibility index (Phi) is 3.97. The van der Waals surface area contributed by atoms with Gasteiger partial charge in [0.15, 0.2) is 5.13 Å². The zero-order valence-corrected chi connectivity index (χ0v) is 14.4. The van der Waals surface area contributed by atoms with Gasteiger partial charge in [-0.15, -0.1) is 11.3 Å². The van der Waals surface area contributed by atoms with Crippen LogP contribution in [0.3, 0.4) is 0 Å². The SMILES string of the molecule is NC1CCN(c2cc3c(cc2F)c(=O)c(C(=O)O)cn3-c2nccs2)C1. The number of halogens is 1. The fraction of sp³-hybridized carbons (Fsp3) is 0.235. The largest absolute Gasteiger partial charge is 0.477 e. The molecule has 134 valence electrons. The van der Waals surface area contributed by atoms with Gasteiger partial charge in [-0.3, -0.25) is 9.36 Å². The molecule has 1 fully saturated rings. The summed E-state index contributed by atoms with van der Waals surface area (Å²) in [6.07, 6.45) is 3.58. The van der Waals surface area contributed by atoms with Crippen LogP contribution in [0, 0.1) is 5.82 Å². The molecule has 7 nitrogen and oxygen atoms in total. The molecule has 1 saturated heterocycles. The molecule has 0 radical (unpaired) electrons. The number of rotatable bonds is 3. The number of fused-ring (bicyclic) bond motifs is 1. The molecule has 0 bridgehead atoms. The molecule has 9 heteroatoms. The second-order valence-corrected chi connectivity index (χ2v) is 7.05. The molecule has 3 heterocycles. The minimum atomic E-state index is -1.36. The summed E-state index contributed by atoms with van der Waals surface area (Å²) >= 11 is 1.29. The number of anilines is 1. The van der Waals surface area contributed by atoms with Crippen molar-refractivity contribution >= 4 is 33.9 Å². The highest BCUT2D eigenvalue weighted by molar-refractivity contribution is 7.12. The molecule has 3 N–H and O–H groups in total. The van der Waals surface area contributed by atoms with E-state index >= 15 is 0 Å². The van der Waals surface area contributed by atoms with E-state index in [-0.39, 0.29) is 11.4 Å². The van der Waals surface area contributed by atoms with Crippen LogP contribution in [-0.4, -0.2) is 39.8 Å². The first kappa shape index (κ1) is 16.7. The van der Waals surface area contributed by atoms with Crippen molar-refractivity contribution in [3.05, 3.63) is 51.5 Å². The summed E-state index contributed by atoms with van der Waals surface area (Å²) in [4.78, 5) is 30.0. The van der Waals surface area contributed by atoms with Crippen molar-refractivity contribution < 1.29 is 14.3 Å². The minimum Gasteiger partial charge on any atom is -0.477 e. The Morgan fingerprint density at radius 1 is 1.42 bits per heavy atom. The molecule has 0 spiro atoms. The van der Waals surface area contributed by atoms with E-state index in [0.717, 1.165) is 12.5 Å².